The van der Waals surface area contributed by atoms with Crippen molar-refractivity contribution in [3.8, 4) is 11.5 Å². The molecule has 8 nitrogen and oxygen atoms in total. The van der Waals surface area contributed by atoms with Gasteiger partial charge < -0.3 is 14.8 Å². The number of amides is 2. The molecule has 0 bridgehead atoms. The number of benzene rings is 3. The smallest absolute Gasteiger partial charge is 0.345 e. The van der Waals surface area contributed by atoms with Crippen molar-refractivity contribution in [3.05, 3.63) is 88.4 Å². The topological polar surface area (TPSA) is 106 Å². The van der Waals surface area contributed by atoms with Gasteiger partial charge in [-0.25, -0.2) is 10.2 Å². The molecular weight excluding hydrogens is 446 g/mol. The number of rotatable bonds is 6. The van der Waals surface area contributed by atoms with Crippen LogP contribution in [0.4, 0.5) is 5.69 Å². The second-order valence-electron chi connectivity index (χ2n) is 6.75. The first-order valence-electron chi connectivity index (χ1n) is 9.74. The molecule has 3 aromatic carbocycles. The number of para-hydroxylation sites is 1. The third-order valence-electron chi connectivity index (χ3n) is 4.46. The van der Waals surface area contributed by atoms with Gasteiger partial charge in [-0.15, -0.1) is 0 Å². The van der Waals surface area contributed by atoms with Crippen molar-refractivity contribution in [1.29, 1.82) is 0 Å². The molecule has 0 unspecified atom stereocenters. The van der Waals surface area contributed by atoms with Crippen LogP contribution < -0.4 is 20.2 Å². The highest BCUT2D eigenvalue weighted by atomic mass is 35.5. The highest BCUT2D eigenvalue weighted by Crippen LogP contribution is 2.29. The van der Waals surface area contributed by atoms with Gasteiger partial charge in [0.25, 0.3) is 0 Å². The molecule has 0 aliphatic heterocycles. The van der Waals surface area contributed by atoms with Crippen LogP contribution >= 0.6 is 11.6 Å². The lowest BCUT2D eigenvalue weighted by molar-refractivity contribution is -0.136. The molecule has 33 heavy (non-hydrogen) atoms. The van der Waals surface area contributed by atoms with Gasteiger partial charge in [-0.2, -0.15) is 5.10 Å². The zero-order chi connectivity index (χ0) is 23.8. The van der Waals surface area contributed by atoms with Crippen molar-refractivity contribution >= 4 is 41.3 Å². The van der Waals surface area contributed by atoms with E-state index in [2.05, 4.69) is 15.8 Å². The monoisotopic (exact) mass is 465 g/mol. The number of nitrogens with one attached hydrogen (secondary N) is 2. The highest BCUT2D eigenvalue weighted by Gasteiger charge is 2.16. The van der Waals surface area contributed by atoms with Crippen LogP contribution in [0.15, 0.2) is 71.8 Å². The Bertz CT molecular complexity index is 1230. The van der Waals surface area contributed by atoms with E-state index in [9.17, 15) is 14.4 Å². The minimum absolute atomic E-state index is 0.182. The lowest BCUT2D eigenvalue weighted by Gasteiger charge is -2.10. The summed E-state index contributed by atoms with van der Waals surface area (Å²) in [6.07, 6.45) is 1.32. The van der Waals surface area contributed by atoms with Crippen LogP contribution in [0, 0.1) is 6.92 Å². The van der Waals surface area contributed by atoms with Gasteiger partial charge in [-0.1, -0.05) is 41.9 Å². The average molecular weight is 466 g/mol. The number of ether oxygens (including phenoxy) is 2. The Morgan fingerprint density at radius 2 is 1.67 bits per heavy atom. The average Bonchev–Trinajstić information content (AvgIpc) is 2.81. The summed E-state index contributed by atoms with van der Waals surface area (Å²) < 4.78 is 10.7. The van der Waals surface area contributed by atoms with Crippen molar-refractivity contribution in [1.82, 2.24) is 5.43 Å². The number of carbonyl (C=O) groups excluding carboxylic acids is 3. The number of nitrogens with zero attached hydrogens (tertiary/aromatic N) is 1. The molecule has 0 aromatic heterocycles. The molecule has 0 heterocycles. The van der Waals surface area contributed by atoms with E-state index in [0.717, 1.165) is 5.56 Å². The number of esters is 1. The molecule has 0 saturated carbocycles. The van der Waals surface area contributed by atoms with Gasteiger partial charge in [0.2, 0.25) is 0 Å². The summed E-state index contributed by atoms with van der Waals surface area (Å²) in [6.45, 7) is 1.81. The summed E-state index contributed by atoms with van der Waals surface area (Å²) in [6, 6.07) is 18.3. The fraction of sp³-hybridized carbons (Fsp3) is 0.0833. The highest BCUT2D eigenvalue weighted by molar-refractivity contribution is 6.39. The largest absolute Gasteiger partial charge is 0.493 e. The van der Waals surface area contributed by atoms with Crippen LogP contribution in [0.25, 0.3) is 0 Å². The lowest BCUT2D eigenvalue weighted by Crippen LogP contribution is -2.32. The minimum atomic E-state index is -0.924. The summed E-state index contributed by atoms with van der Waals surface area (Å²) in [7, 11) is 1.42. The van der Waals surface area contributed by atoms with Gasteiger partial charge in [0.15, 0.2) is 11.5 Å². The number of hydrazone groups is 1. The number of aryl methyl sites for hydroxylation is 1. The number of anilines is 1. The van der Waals surface area contributed by atoms with Gasteiger partial charge in [0.1, 0.15) is 0 Å². The maximum atomic E-state index is 12.4. The van der Waals surface area contributed by atoms with Crippen LogP contribution in [-0.2, 0) is 9.59 Å². The normalized spacial score (nSPS) is 10.5. The zero-order valence-corrected chi connectivity index (χ0v) is 18.6. The Labute approximate surface area is 195 Å². The molecule has 2 N–H and O–H groups in total. The molecular formula is C24H20ClN3O5. The first kappa shape index (κ1) is 23.5. The van der Waals surface area contributed by atoms with Crippen molar-refractivity contribution in [3.63, 3.8) is 0 Å². The zero-order valence-electron chi connectivity index (χ0n) is 17.8. The molecule has 0 saturated heterocycles. The summed E-state index contributed by atoms with van der Waals surface area (Å²) in [5.41, 5.74) is 4.27. The lowest BCUT2D eigenvalue weighted by atomic mass is 10.2. The van der Waals surface area contributed by atoms with E-state index in [0.29, 0.717) is 11.3 Å². The molecule has 3 aromatic rings. The first-order chi connectivity index (χ1) is 15.9. The predicted octanol–water partition coefficient (Wildman–Crippen LogP) is 3.97. The number of hydrogen-bond acceptors (Lipinski definition) is 6. The molecule has 168 valence electrons. The molecule has 0 fully saturated rings. The Hall–Kier alpha value is -4.17. The van der Waals surface area contributed by atoms with E-state index >= 15 is 0 Å². The van der Waals surface area contributed by atoms with E-state index < -0.39 is 17.8 Å². The number of hydrogen-bond donors (Lipinski definition) is 2. The van der Waals surface area contributed by atoms with Gasteiger partial charge >= 0.3 is 17.8 Å². The fourth-order valence-corrected chi connectivity index (χ4v) is 2.95. The second kappa shape index (κ2) is 10.9. The Morgan fingerprint density at radius 1 is 0.939 bits per heavy atom. The van der Waals surface area contributed by atoms with Crippen LogP contribution in [0.2, 0.25) is 5.02 Å². The fourth-order valence-electron chi connectivity index (χ4n) is 2.74. The molecule has 3 rings (SSSR count). The summed E-state index contributed by atoms with van der Waals surface area (Å²) in [5, 5.41) is 6.57. The molecule has 2 amide bonds. The Kier molecular flexibility index (Phi) is 7.77. The van der Waals surface area contributed by atoms with E-state index in [1.54, 1.807) is 48.5 Å². The SMILES string of the molecule is COc1cc(/C=N/NC(=O)C(=O)Nc2ccccc2C)ccc1OC(=O)c1ccccc1Cl. The van der Waals surface area contributed by atoms with Gasteiger partial charge in [0, 0.05) is 5.69 Å². The third-order valence-corrected chi connectivity index (χ3v) is 4.79. The molecule has 0 aliphatic carbocycles. The summed E-state index contributed by atoms with van der Waals surface area (Å²) >= 11 is 6.03. The standard InChI is InChI=1S/C24H20ClN3O5/c1-15-7-3-6-10-19(15)27-22(29)23(30)28-26-14-16-11-12-20(21(13-16)32-2)33-24(31)17-8-4-5-9-18(17)25/h3-14H,1-2H3,(H,27,29)(H,28,30)/b26-14+. The van der Waals surface area contributed by atoms with E-state index in [4.69, 9.17) is 21.1 Å². The van der Waals surface area contributed by atoms with Crippen LogP contribution in [-0.4, -0.2) is 31.1 Å². The van der Waals surface area contributed by atoms with Crippen molar-refractivity contribution in [2.75, 3.05) is 12.4 Å². The summed E-state index contributed by atoms with van der Waals surface area (Å²) in [4.78, 5) is 36.4. The molecule has 0 aliphatic rings. The van der Waals surface area contributed by atoms with Gasteiger partial charge in [0.05, 0.1) is 23.9 Å². The maximum Gasteiger partial charge on any atom is 0.345 e. The Balaban J connectivity index is 1.62. The number of halogens is 1. The van der Waals surface area contributed by atoms with Crippen LogP contribution in [0.5, 0.6) is 11.5 Å². The Morgan fingerprint density at radius 3 is 2.39 bits per heavy atom. The predicted molar refractivity (Wildman–Crippen MR) is 125 cm³/mol. The summed E-state index contributed by atoms with van der Waals surface area (Å²) in [5.74, 6) is -1.95. The van der Waals surface area contributed by atoms with Crippen molar-refractivity contribution < 1.29 is 23.9 Å². The van der Waals surface area contributed by atoms with Crippen molar-refractivity contribution in [2.24, 2.45) is 5.10 Å². The quantitative estimate of drug-likeness (QED) is 0.188. The number of methoxy groups -OCH3 is 1. The molecule has 9 heteroatoms. The van der Waals surface area contributed by atoms with Gasteiger partial charge in [-0.3, -0.25) is 9.59 Å². The molecule has 0 spiro atoms. The van der Waals surface area contributed by atoms with Gasteiger partial charge in [-0.05, 0) is 54.4 Å². The molecule has 0 atom stereocenters. The number of carbonyl (C=O) groups is 3. The van der Waals surface area contributed by atoms with E-state index in [-0.39, 0.29) is 22.1 Å². The van der Waals surface area contributed by atoms with E-state index in [1.165, 1.54) is 19.4 Å². The van der Waals surface area contributed by atoms with E-state index in [1.807, 2.05) is 19.1 Å². The van der Waals surface area contributed by atoms with Crippen LogP contribution in [0.1, 0.15) is 21.5 Å². The molecule has 0 radical (unpaired) electrons. The first-order valence-corrected chi connectivity index (χ1v) is 10.1. The third kappa shape index (κ3) is 6.18. The minimum Gasteiger partial charge on any atom is -0.493 e. The van der Waals surface area contributed by atoms with Crippen LogP contribution in [0.3, 0.4) is 0 Å². The second-order valence-corrected chi connectivity index (χ2v) is 7.16. The maximum absolute atomic E-state index is 12.4. The van der Waals surface area contributed by atoms with Crippen molar-refractivity contribution in [2.45, 2.75) is 6.92 Å².